The molecule has 0 bridgehead atoms. The Morgan fingerprint density at radius 3 is 2.89 bits per heavy atom. The molecule has 0 unspecified atom stereocenters. The van der Waals surface area contributed by atoms with Gasteiger partial charge in [0.25, 0.3) is 0 Å². The lowest BCUT2D eigenvalue weighted by atomic mass is 10.3. The number of thiophene rings is 1. The van der Waals surface area contributed by atoms with Gasteiger partial charge in [0.15, 0.2) is 0 Å². The lowest BCUT2D eigenvalue weighted by Crippen LogP contribution is -1.90. The van der Waals surface area contributed by atoms with Gasteiger partial charge in [-0.25, -0.2) is 0 Å². The van der Waals surface area contributed by atoms with Crippen molar-refractivity contribution < 1.29 is 4.74 Å². The Kier molecular flexibility index (Phi) is 2.25. The summed E-state index contributed by atoms with van der Waals surface area (Å²) in [4.78, 5) is 1.29. The van der Waals surface area contributed by atoms with Crippen LogP contribution in [0.4, 0.5) is 0 Å². The Morgan fingerprint density at radius 2 is 2.44 bits per heavy atom. The fourth-order valence-corrected chi connectivity index (χ4v) is 1.40. The molecule has 0 saturated heterocycles. The Bertz CT molecular complexity index is 157. The van der Waals surface area contributed by atoms with Crippen LogP contribution < -0.4 is 0 Å². The SMILES string of the molecule is CO[C@@H](C)c1cccs1. The highest BCUT2D eigenvalue weighted by Crippen LogP contribution is 2.20. The van der Waals surface area contributed by atoms with Crippen molar-refractivity contribution in [3.8, 4) is 0 Å². The van der Waals surface area contributed by atoms with Gasteiger partial charge in [-0.2, -0.15) is 0 Å². The van der Waals surface area contributed by atoms with Crippen molar-refractivity contribution in [2.24, 2.45) is 0 Å². The van der Waals surface area contributed by atoms with Crippen LogP contribution in [0, 0.1) is 0 Å². The van der Waals surface area contributed by atoms with Gasteiger partial charge in [-0.1, -0.05) is 6.07 Å². The van der Waals surface area contributed by atoms with Gasteiger partial charge < -0.3 is 4.74 Å². The summed E-state index contributed by atoms with van der Waals surface area (Å²) in [5.41, 5.74) is 0. The Hall–Kier alpha value is -0.340. The van der Waals surface area contributed by atoms with Crippen LogP contribution in [0.1, 0.15) is 17.9 Å². The van der Waals surface area contributed by atoms with Gasteiger partial charge in [0.1, 0.15) is 0 Å². The summed E-state index contributed by atoms with van der Waals surface area (Å²) in [5.74, 6) is 0. The normalized spacial score (nSPS) is 13.6. The van der Waals surface area contributed by atoms with Gasteiger partial charge >= 0.3 is 0 Å². The van der Waals surface area contributed by atoms with Crippen LogP contribution in [0.5, 0.6) is 0 Å². The molecule has 0 aromatic carbocycles. The zero-order valence-corrected chi connectivity index (χ0v) is 6.44. The van der Waals surface area contributed by atoms with Crippen LogP contribution in [0.25, 0.3) is 0 Å². The Labute approximate surface area is 59.3 Å². The predicted octanol–water partition coefficient (Wildman–Crippen LogP) is 2.46. The quantitative estimate of drug-likeness (QED) is 0.616. The number of rotatable bonds is 2. The smallest absolute Gasteiger partial charge is 0.0884 e. The molecule has 9 heavy (non-hydrogen) atoms. The minimum Gasteiger partial charge on any atom is -0.376 e. The third-order valence-electron chi connectivity index (χ3n) is 1.30. The molecule has 0 aliphatic carbocycles. The van der Waals surface area contributed by atoms with Crippen molar-refractivity contribution >= 4 is 11.3 Å². The van der Waals surface area contributed by atoms with Crippen LogP contribution >= 0.6 is 11.3 Å². The van der Waals surface area contributed by atoms with E-state index < -0.39 is 0 Å². The summed E-state index contributed by atoms with van der Waals surface area (Å²) in [7, 11) is 1.73. The van der Waals surface area contributed by atoms with Crippen LogP contribution in [0.2, 0.25) is 0 Å². The molecule has 50 valence electrons. The Balaban J connectivity index is 2.65. The number of hydrogen-bond donors (Lipinski definition) is 0. The van der Waals surface area contributed by atoms with E-state index in [4.69, 9.17) is 4.74 Å². The molecule has 1 aromatic rings. The minimum absolute atomic E-state index is 0.255. The molecule has 0 amide bonds. The van der Waals surface area contributed by atoms with Crippen molar-refractivity contribution in [3.63, 3.8) is 0 Å². The first-order chi connectivity index (χ1) is 4.34. The molecule has 0 N–H and O–H groups in total. The van der Waals surface area contributed by atoms with Crippen molar-refractivity contribution in [2.75, 3.05) is 7.11 Å². The van der Waals surface area contributed by atoms with Gasteiger partial charge in [-0.15, -0.1) is 11.3 Å². The largest absolute Gasteiger partial charge is 0.376 e. The van der Waals surface area contributed by atoms with E-state index in [1.54, 1.807) is 18.4 Å². The highest BCUT2D eigenvalue weighted by atomic mass is 32.1. The summed E-state index contributed by atoms with van der Waals surface area (Å²) < 4.78 is 5.10. The lowest BCUT2D eigenvalue weighted by molar-refractivity contribution is 0.122. The molecule has 1 aromatic heterocycles. The highest BCUT2D eigenvalue weighted by Gasteiger charge is 2.01. The van der Waals surface area contributed by atoms with E-state index in [9.17, 15) is 0 Å². The first kappa shape index (κ1) is 6.78. The van der Waals surface area contributed by atoms with Crippen molar-refractivity contribution in [3.05, 3.63) is 22.4 Å². The van der Waals surface area contributed by atoms with E-state index in [1.807, 2.05) is 13.0 Å². The molecular formula is C7H10OS. The van der Waals surface area contributed by atoms with Crippen molar-refractivity contribution in [1.82, 2.24) is 0 Å². The molecule has 1 atom stereocenters. The second-order valence-electron chi connectivity index (χ2n) is 1.89. The van der Waals surface area contributed by atoms with Gasteiger partial charge in [0.05, 0.1) is 6.10 Å². The lowest BCUT2D eigenvalue weighted by Gasteiger charge is -2.04. The fourth-order valence-electron chi connectivity index (χ4n) is 0.639. The number of ether oxygens (including phenoxy) is 1. The third-order valence-corrected chi connectivity index (χ3v) is 2.33. The average Bonchev–Trinajstić information content (AvgIpc) is 2.37. The fraction of sp³-hybridized carbons (Fsp3) is 0.429. The summed E-state index contributed by atoms with van der Waals surface area (Å²) in [6.45, 7) is 2.05. The van der Waals surface area contributed by atoms with Gasteiger partial charge in [-0.3, -0.25) is 0 Å². The number of hydrogen-bond acceptors (Lipinski definition) is 2. The molecule has 0 radical (unpaired) electrons. The van der Waals surface area contributed by atoms with Crippen LogP contribution in [-0.2, 0) is 4.74 Å². The van der Waals surface area contributed by atoms with E-state index in [1.165, 1.54) is 4.88 Å². The first-order valence-electron chi connectivity index (χ1n) is 2.91. The van der Waals surface area contributed by atoms with Gasteiger partial charge in [-0.05, 0) is 18.4 Å². The second-order valence-corrected chi connectivity index (χ2v) is 2.87. The van der Waals surface area contributed by atoms with Crippen molar-refractivity contribution in [2.45, 2.75) is 13.0 Å². The summed E-state index contributed by atoms with van der Waals surface area (Å²) in [6.07, 6.45) is 0.255. The molecule has 0 aliphatic heterocycles. The second kappa shape index (κ2) is 2.99. The van der Waals surface area contributed by atoms with Crippen LogP contribution in [0.15, 0.2) is 17.5 Å². The molecule has 1 rings (SSSR count). The van der Waals surface area contributed by atoms with Gasteiger partial charge in [0, 0.05) is 12.0 Å². The predicted molar refractivity (Wildman–Crippen MR) is 39.7 cm³/mol. The van der Waals surface area contributed by atoms with E-state index in [0.717, 1.165) is 0 Å². The molecule has 0 aliphatic rings. The topological polar surface area (TPSA) is 9.23 Å². The molecule has 0 spiro atoms. The van der Waals surface area contributed by atoms with E-state index in [-0.39, 0.29) is 6.10 Å². The molecule has 2 heteroatoms. The van der Waals surface area contributed by atoms with Gasteiger partial charge in [0.2, 0.25) is 0 Å². The van der Waals surface area contributed by atoms with E-state index in [0.29, 0.717) is 0 Å². The maximum absolute atomic E-state index is 5.10. The average molecular weight is 142 g/mol. The zero-order chi connectivity index (χ0) is 6.69. The zero-order valence-electron chi connectivity index (χ0n) is 5.63. The molecule has 0 fully saturated rings. The Morgan fingerprint density at radius 1 is 1.67 bits per heavy atom. The molecular weight excluding hydrogens is 132 g/mol. The van der Waals surface area contributed by atoms with E-state index in [2.05, 4.69) is 11.4 Å². The van der Waals surface area contributed by atoms with E-state index >= 15 is 0 Å². The minimum atomic E-state index is 0.255. The summed E-state index contributed by atoms with van der Waals surface area (Å²) in [5, 5.41) is 2.06. The first-order valence-corrected chi connectivity index (χ1v) is 3.78. The monoisotopic (exact) mass is 142 g/mol. The third kappa shape index (κ3) is 1.53. The summed E-state index contributed by atoms with van der Waals surface area (Å²) >= 11 is 1.73. The maximum Gasteiger partial charge on any atom is 0.0884 e. The van der Waals surface area contributed by atoms with Crippen LogP contribution in [-0.4, -0.2) is 7.11 Å². The van der Waals surface area contributed by atoms with Crippen molar-refractivity contribution in [1.29, 1.82) is 0 Å². The summed E-state index contributed by atoms with van der Waals surface area (Å²) in [6, 6.07) is 4.12. The van der Waals surface area contributed by atoms with Crippen LogP contribution in [0.3, 0.4) is 0 Å². The maximum atomic E-state index is 5.10. The number of methoxy groups -OCH3 is 1. The molecule has 1 heterocycles. The highest BCUT2D eigenvalue weighted by molar-refractivity contribution is 7.10. The standard InChI is InChI=1S/C7H10OS/c1-6(8-2)7-4-3-5-9-7/h3-6H,1-2H3/t6-/m0/s1. The molecule has 1 nitrogen and oxygen atoms in total. The molecule has 0 saturated carbocycles.